The van der Waals surface area contributed by atoms with E-state index in [9.17, 15) is 9.90 Å². The maximum atomic E-state index is 11.8. The highest BCUT2D eigenvalue weighted by Crippen LogP contribution is 2.24. The Balaban J connectivity index is 2.62. The number of nitrogens with zero attached hydrogens (tertiary/aromatic N) is 1. The highest BCUT2D eigenvalue weighted by atomic mass is 127. The summed E-state index contributed by atoms with van der Waals surface area (Å²) in [6.45, 7) is 5.81. The van der Waals surface area contributed by atoms with Crippen molar-refractivity contribution in [3.8, 4) is 0 Å². The van der Waals surface area contributed by atoms with Crippen molar-refractivity contribution in [3.05, 3.63) is 0 Å². The van der Waals surface area contributed by atoms with Gasteiger partial charge in [-0.2, -0.15) is 0 Å². The molecule has 1 heterocycles. The first-order valence-electron chi connectivity index (χ1n) is 5.28. The molecule has 0 aromatic rings. The van der Waals surface area contributed by atoms with E-state index in [1.165, 1.54) is 0 Å². The fourth-order valence-corrected chi connectivity index (χ4v) is 2.45. The van der Waals surface area contributed by atoms with Crippen LogP contribution >= 0.6 is 22.6 Å². The van der Waals surface area contributed by atoms with Crippen molar-refractivity contribution in [1.29, 1.82) is 0 Å². The third-order valence-corrected chi connectivity index (χ3v) is 3.48. The Hall–Kier alpha value is -0.0800. The van der Waals surface area contributed by atoms with Crippen LogP contribution in [0.25, 0.3) is 0 Å². The third-order valence-electron chi connectivity index (χ3n) is 2.30. The van der Waals surface area contributed by atoms with E-state index < -0.39 is 17.7 Å². The molecule has 3 atom stereocenters. The van der Waals surface area contributed by atoms with Crippen LogP contribution in [0.3, 0.4) is 0 Å². The van der Waals surface area contributed by atoms with Crippen LogP contribution in [0, 0.1) is 0 Å². The maximum absolute atomic E-state index is 11.8. The molecule has 0 aromatic heterocycles. The second-order valence-corrected chi connectivity index (χ2v) is 6.47. The number of ether oxygens (including phenoxy) is 1. The number of rotatable bonds is 0. The van der Waals surface area contributed by atoms with Crippen LogP contribution in [-0.4, -0.2) is 44.4 Å². The van der Waals surface area contributed by atoms with Crippen molar-refractivity contribution >= 4 is 28.7 Å². The third kappa shape index (κ3) is 3.74. The lowest BCUT2D eigenvalue weighted by molar-refractivity contribution is 0.00213. The molecule has 1 saturated heterocycles. The molecule has 3 N–H and O–H groups in total. The summed E-state index contributed by atoms with van der Waals surface area (Å²) in [4.78, 5) is 13.4. The van der Waals surface area contributed by atoms with Crippen LogP contribution in [0.5, 0.6) is 0 Å². The molecule has 0 bridgehead atoms. The zero-order valence-electron chi connectivity index (χ0n) is 9.81. The Bertz CT molecular complexity index is 267. The number of alkyl halides is 1. The minimum absolute atomic E-state index is 0.0674. The molecule has 1 aliphatic rings. The molecule has 1 fully saturated rings. The summed E-state index contributed by atoms with van der Waals surface area (Å²) in [6.07, 6.45) is -0.420. The van der Waals surface area contributed by atoms with Gasteiger partial charge in [-0.3, -0.25) is 4.90 Å². The smallest absolute Gasteiger partial charge is 0.411 e. The normalized spacial score (nSPS) is 31.4. The molecule has 1 rings (SSSR count). The molecule has 94 valence electrons. The minimum atomic E-state index is -0.541. The van der Waals surface area contributed by atoms with Crippen molar-refractivity contribution in [3.63, 3.8) is 0 Å². The van der Waals surface area contributed by atoms with E-state index in [0.717, 1.165) is 0 Å². The topological polar surface area (TPSA) is 75.8 Å². The second-order valence-electron chi connectivity index (χ2n) is 5.03. The van der Waals surface area contributed by atoms with Gasteiger partial charge in [0.05, 0.1) is 10.2 Å². The number of carbonyl (C=O) groups excluding carboxylic acids is 1. The molecule has 0 saturated carbocycles. The highest BCUT2D eigenvalue weighted by molar-refractivity contribution is 14.1. The zero-order chi connectivity index (χ0) is 12.5. The Morgan fingerprint density at radius 1 is 1.56 bits per heavy atom. The van der Waals surface area contributed by atoms with Crippen LogP contribution in [0.1, 0.15) is 27.2 Å². The average molecular weight is 342 g/mol. The Labute approximate surface area is 109 Å². The number of aliphatic hydroxyl groups is 1. The molecule has 0 radical (unpaired) electrons. The summed E-state index contributed by atoms with van der Waals surface area (Å²) in [7, 11) is 0. The van der Waals surface area contributed by atoms with Crippen LogP contribution in [0.4, 0.5) is 4.79 Å². The van der Waals surface area contributed by atoms with Gasteiger partial charge >= 0.3 is 6.09 Å². The number of nitrogens with two attached hydrogens (primary N) is 1. The predicted octanol–water partition coefficient (Wildman–Crippen LogP) is 1.08. The Morgan fingerprint density at radius 2 is 2.12 bits per heavy atom. The van der Waals surface area contributed by atoms with Gasteiger partial charge in [-0.05, 0) is 20.8 Å². The van der Waals surface area contributed by atoms with Gasteiger partial charge in [0.15, 0.2) is 0 Å². The fourth-order valence-electron chi connectivity index (χ4n) is 1.47. The molecule has 0 aromatic carbocycles. The maximum Gasteiger partial charge on any atom is 0.411 e. The summed E-state index contributed by atoms with van der Waals surface area (Å²) in [5.74, 6) is 0. The molecule has 1 aliphatic heterocycles. The van der Waals surface area contributed by atoms with E-state index in [4.69, 9.17) is 10.5 Å². The standard InChI is InChI=1S/C10H19IN2O3/c1-10(2,3)16-9(15)13-5-6(12)7(14)4-8(13)11/h6-8,14H,4-5,12H2,1-3H3. The van der Waals surface area contributed by atoms with Gasteiger partial charge in [0.1, 0.15) is 5.60 Å². The van der Waals surface area contributed by atoms with Crippen LogP contribution in [0.15, 0.2) is 0 Å². The Morgan fingerprint density at radius 3 is 2.62 bits per heavy atom. The summed E-state index contributed by atoms with van der Waals surface area (Å²) in [6, 6.07) is -0.390. The number of amides is 1. The zero-order valence-corrected chi connectivity index (χ0v) is 12.0. The van der Waals surface area contributed by atoms with E-state index in [1.807, 2.05) is 20.8 Å². The van der Waals surface area contributed by atoms with Crippen molar-refractivity contribution < 1.29 is 14.6 Å². The monoisotopic (exact) mass is 342 g/mol. The lowest BCUT2D eigenvalue weighted by Crippen LogP contribution is -2.56. The lowest BCUT2D eigenvalue weighted by atomic mass is 10.0. The van der Waals surface area contributed by atoms with E-state index in [2.05, 4.69) is 22.6 Å². The number of hydrogen-bond acceptors (Lipinski definition) is 4. The number of hydrogen-bond donors (Lipinski definition) is 2. The quantitative estimate of drug-likeness (QED) is 0.392. The number of piperidine rings is 1. The van der Waals surface area contributed by atoms with Gasteiger partial charge in [0.25, 0.3) is 0 Å². The van der Waals surface area contributed by atoms with E-state index in [0.29, 0.717) is 13.0 Å². The summed E-state index contributed by atoms with van der Waals surface area (Å²) in [5.41, 5.74) is 5.22. The largest absolute Gasteiger partial charge is 0.444 e. The SMILES string of the molecule is CC(C)(C)OC(=O)N1CC(N)C(O)CC1I. The van der Waals surface area contributed by atoms with Gasteiger partial charge in [-0.15, -0.1) is 0 Å². The highest BCUT2D eigenvalue weighted by Gasteiger charge is 2.36. The van der Waals surface area contributed by atoms with Gasteiger partial charge in [-0.25, -0.2) is 4.79 Å². The number of aliphatic hydroxyl groups excluding tert-OH is 1. The Kier molecular flexibility index (Phi) is 4.42. The fraction of sp³-hybridized carbons (Fsp3) is 0.900. The van der Waals surface area contributed by atoms with E-state index in [1.54, 1.807) is 4.90 Å². The van der Waals surface area contributed by atoms with Gasteiger partial charge in [-0.1, -0.05) is 22.6 Å². The average Bonchev–Trinajstić information content (AvgIpc) is 2.08. The van der Waals surface area contributed by atoms with Crippen molar-refractivity contribution in [1.82, 2.24) is 4.90 Å². The van der Waals surface area contributed by atoms with Crippen LogP contribution < -0.4 is 5.73 Å². The molecule has 1 amide bonds. The van der Waals surface area contributed by atoms with E-state index >= 15 is 0 Å². The molecule has 5 nitrogen and oxygen atoms in total. The molecule has 3 unspecified atom stereocenters. The van der Waals surface area contributed by atoms with Gasteiger partial charge < -0.3 is 15.6 Å². The number of halogens is 1. The minimum Gasteiger partial charge on any atom is -0.444 e. The lowest BCUT2D eigenvalue weighted by Gasteiger charge is -2.38. The van der Waals surface area contributed by atoms with Gasteiger partial charge in [0.2, 0.25) is 0 Å². The summed E-state index contributed by atoms with van der Waals surface area (Å²) < 4.78 is 5.21. The van der Waals surface area contributed by atoms with Crippen molar-refractivity contribution in [2.45, 2.75) is 49.0 Å². The predicted molar refractivity (Wildman–Crippen MR) is 69.3 cm³/mol. The van der Waals surface area contributed by atoms with Crippen molar-refractivity contribution in [2.24, 2.45) is 5.73 Å². The van der Waals surface area contributed by atoms with Crippen molar-refractivity contribution in [2.75, 3.05) is 6.54 Å². The van der Waals surface area contributed by atoms with Crippen LogP contribution in [-0.2, 0) is 4.74 Å². The van der Waals surface area contributed by atoms with Gasteiger partial charge in [0, 0.05) is 19.0 Å². The molecule has 0 spiro atoms. The summed E-state index contributed by atoms with van der Waals surface area (Å²) >= 11 is 2.12. The molecule has 16 heavy (non-hydrogen) atoms. The van der Waals surface area contributed by atoms with Crippen LogP contribution in [0.2, 0.25) is 0 Å². The summed E-state index contributed by atoms with van der Waals surface area (Å²) in [5, 5.41) is 9.57. The van der Waals surface area contributed by atoms with E-state index in [-0.39, 0.29) is 10.1 Å². The first kappa shape index (κ1) is 14.0. The number of carbonyl (C=O) groups is 1. The molecular weight excluding hydrogens is 323 g/mol. The second kappa shape index (κ2) is 5.05. The first-order chi connectivity index (χ1) is 7.20. The molecule has 0 aliphatic carbocycles. The molecular formula is C10H19IN2O3. The molecule has 6 heteroatoms. The number of likely N-dealkylation sites (tertiary alicyclic amines) is 1. The first-order valence-corrected chi connectivity index (χ1v) is 6.52.